The summed E-state index contributed by atoms with van der Waals surface area (Å²) >= 11 is 0. The van der Waals surface area contributed by atoms with Gasteiger partial charge in [0.05, 0.1) is 11.6 Å². The van der Waals surface area contributed by atoms with Crippen molar-refractivity contribution in [3.8, 4) is 6.07 Å². The second kappa shape index (κ2) is 7.78. The van der Waals surface area contributed by atoms with Gasteiger partial charge in [0.2, 0.25) is 5.91 Å². The van der Waals surface area contributed by atoms with E-state index in [0.29, 0.717) is 30.8 Å². The van der Waals surface area contributed by atoms with Crippen LogP contribution in [0.3, 0.4) is 0 Å². The lowest BCUT2D eigenvalue weighted by molar-refractivity contribution is -0.116. The molecule has 1 heterocycles. The van der Waals surface area contributed by atoms with Crippen LogP contribution in [0.1, 0.15) is 17.5 Å². The normalized spacial score (nSPS) is 9.86. The molecule has 5 nitrogen and oxygen atoms in total. The van der Waals surface area contributed by atoms with Crippen LogP contribution in [0.15, 0.2) is 48.8 Å². The molecule has 1 aromatic carbocycles. The maximum atomic E-state index is 11.8. The lowest BCUT2D eigenvalue weighted by Crippen LogP contribution is -2.21. The number of aromatic nitrogens is 1. The molecule has 0 spiro atoms. The number of anilines is 1. The van der Waals surface area contributed by atoms with E-state index in [1.54, 1.807) is 36.7 Å². The summed E-state index contributed by atoms with van der Waals surface area (Å²) in [6.07, 6.45) is 3.86. The fraction of sp³-hybridized carbons (Fsp3) is 0.188. The summed E-state index contributed by atoms with van der Waals surface area (Å²) in [5.41, 5.74) is 2.31. The van der Waals surface area contributed by atoms with Crippen LogP contribution in [0, 0.1) is 11.3 Å². The van der Waals surface area contributed by atoms with Crippen molar-refractivity contribution in [2.45, 2.75) is 13.0 Å². The van der Waals surface area contributed by atoms with Crippen LogP contribution < -0.4 is 10.6 Å². The number of pyridine rings is 1. The zero-order chi connectivity index (χ0) is 14.9. The average Bonchev–Trinajstić information content (AvgIpc) is 2.53. The number of hydrogen-bond donors (Lipinski definition) is 2. The Labute approximate surface area is 123 Å². The van der Waals surface area contributed by atoms with Gasteiger partial charge in [-0.1, -0.05) is 6.07 Å². The van der Waals surface area contributed by atoms with Crippen LogP contribution in [0.5, 0.6) is 0 Å². The molecule has 2 rings (SSSR count). The molecule has 1 amide bonds. The molecule has 0 atom stereocenters. The van der Waals surface area contributed by atoms with Crippen molar-refractivity contribution in [2.24, 2.45) is 0 Å². The maximum absolute atomic E-state index is 11.8. The first-order valence-electron chi connectivity index (χ1n) is 6.67. The van der Waals surface area contributed by atoms with Crippen molar-refractivity contribution >= 4 is 11.6 Å². The van der Waals surface area contributed by atoms with Crippen molar-refractivity contribution in [1.82, 2.24) is 10.3 Å². The largest absolute Gasteiger partial charge is 0.326 e. The molecular formula is C16H16N4O. The Balaban J connectivity index is 1.71. The fourth-order valence-electron chi connectivity index (χ4n) is 1.83. The monoisotopic (exact) mass is 280 g/mol. The summed E-state index contributed by atoms with van der Waals surface area (Å²) < 4.78 is 0. The predicted octanol–water partition coefficient (Wildman–Crippen LogP) is 2.07. The highest BCUT2D eigenvalue weighted by Gasteiger charge is 2.02. The van der Waals surface area contributed by atoms with Crippen LogP contribution in [0.2, 0.25) is 0 Å². The fourth-order valence-corrected chi connectivity index (χ4v) is 1.83. The highest BCUT2D eigenvalue weighted by Crippen LogP contribution is 2.09. The Bertz CT molecular complexity index is 634. The van der Waals surface area contributed by atoms with Crippen LogP contribution in [0.4, 0.5) is 5.69 Å². The van der Waals surface area contributed by atoms with Gasteiger partial charge in [-0.25, -0.2) is 0 Å². The number of nitrogens with zero attached hydrogens (tertiary/aromatic N) is 2. The van der Waals surface area contributed by atoms with E-state index in [0.717, 1.165) is 5.56 Å². The number of hydrogen-bond acceptors (Lipinski definition) is 4. The second-order valence-electron chi connectivity index (χ2n) is 4.52. The molecule has 2 aromatic rings. The van der Waals surface area contributed by atoms with Crippen molar-refractivity contribution in [3.63, 3.8) is 0 Å². The van der Waals surface area contributed by atoms with Crippen molar-refractivity contribution in [2.75, 3.05) is 11.9 Å². The highest BCUT2D eigenvalue weighted by molar-refractivity contribution is 5.90. The van der Waals surface area contributed by atoms with Gasteiger partial charge in [-0.2, -0.15) is 5.26 Å². The first kappa shape index (κ1) is 14.7. The molecule has 21 heavy (non-hydrogen) atoms. The van der Waals surface area contributed by atoms with Crippen LogP contribution in [-0.2, 0) is 11.3 Å². The number of amides is 1. The second-order valence-corrected chi connectivity index (χ2v) is 4.52. The van der Waals surface area contributed by atoms with E-state index in [4.69, 9.17) is 5.26 Å². The van der Waals surface area contributed by atoms with Gasteiger partial charge in [-0.05, 0) is 35.9 Å². The van der Waals surface area contributed by atoms with E-state index in [2.05, 4.69) is 15.6 Å². The maximum Gasteiger partial charge on any atom is 0.225 e. The quantitative estimate of drug-likeness (QED) is 0.794. The van der Waals surface area contributed by atoms with Gasteiger partial charge < -0.3 is 10.6 Å². The Morgan fingerprint density at radius 3 is 2.81 bits per heavy atom. The molecule has 0 aliphatic carbocycles. The molecule has 0 unspecified atom stereocenters. The third-order valence-electron chi connectivity index (χ3n) is 2.88. The Morgan fingerprint density at radius 1 is 1.24 bits per heavy atom. The minimum absolute atomic E-state index is 0.0766. The number of rotatable bonds is 6. The van der Waals surface area contributed by atoms with Gasteiger partial charge in [0.25, 0.3) is 0 Å². The predicted molar refractivity (Wildman–Crippen MR) is 80.3 cm³/mol. The summed E-state index contributed by atoms with van der Waals surface area (Å²) in [7, 11) is 0. The summed E-state index contributed by atoms with van der Waals surface area (Å²) in [5, 5.41) is 14.8. The zero-order valence-corrected chi connectivity index (χ0v) is 11.5. The standard InChI is InChI=1S/C16H16N4O/c17-11-14-2-1-3-15(10-14)20-16(21)6-9-19-12-13-4-7-18-8-5-13/h1-5,7-8,10,19H,6,9,12H2,(H,20,21). The van der Waals surface area contributed by atoms with Gasteiger partial charge in [0, 0.05) is 37.6 Å². The molecule has 0 fully saturated rings. The van der Waals surface area contributed by atoms with E-state index in [-0.39, 0.29) is 5.91 Å². The van der Waals surface area contributed by atoms with Gasteiger partial charge in [0.15, 0.2) is 0 Å². The lowest BCUT2D eigenvalue weighted by atomic mass is 10.2. The van der Waals surface area contributed by atoms with Crippen molar-refractivity contribution < 1.29 is 4.79 Å². The van der Waals surface area contributed by atoms with Gasteiger partial charge in [-0.3, -0.25) is 9.78 Å². The smallest absolute Gasteiger partial charge is 0.225 e. The van der Waals surface area contributed by atoms with E-state index >= 15 is 0 Å². The van der Waals surface area contributed by atoms with E-state index in [1.165, 1.54) is 0 Å². The number of nitrogens with one attached hydrogen (secondary N) is 2. The minimum atomic E-state index is -0.0766. The summed E-state index contributed by atoms with van der Waals surface area (Å²) in [4.78, 5) is 15.7. The molecule has 2 N–H and O–H groups in total. The third-order valence-corrected chi connectivity index (χ3v) is 2.88. The highest BCUT2D eigenvalue weighted by atomic mass is 16.1. The molecule has 0 radical (unpaired) electrons. The topological polar surface area (TPSA) is 77.8 Å². The SMILES string of the molecule is N#Cc1cccc(NC(=O)CCNCc2ccncc2)c1. The summed E-state index contributed by atoms with van der Waals surface area (Å²) in [5.74, 6) is -0.0766. The van der Waals surface area contributed by atoms with Gasteiger partial charge >= 0.3 is 0 Å². The Kier molecular flexibility index (Phi) is 5.44. The number of carbonyl (C=O) groups excluding carboxylic acids is 1. The summed E-state index contributed by atoms with van der Waals surface area (Å²) in [6, 6.07) is 12.8. The summed E-state index contributed by atoms with van der Waals surface area (Å²) in [6.45, 7) is 1.30. The van der Waals surface area contributed by atoms with Crippen LogP contribution in [-0.4, -0.2) is 17.4 Å². The lowest BCUT2D eigenvalue weighted by Gasteiger charge is -2.07. The first-order valence-corrected chi connectivity index (χ1v) is 6.67. The minimum Gasteiger partial charge on any atom is -0.326 e. The molecular weight excluding hydrogens is 264 g/mol. The van der Waals surface area contributed by atoms with Gasteiger partial charge in [-0.15, -0.1) is 0 Å². The number of carbonyl (C=O) groups is 1. The molecule has 1 aromatic heterocycles. The molecule has 5 heteroatoms. The van der Waals surface area contributed by atoms with E-state index in [1.807, 2.05) is 18.2 Å². The van der Waals surface area contributed by atoms with Crippen molar-refractivity contribution in [1.29, 1.82) is 5.26 Å². The molecule has 106 valence electrons. The molecule has 0 aliphatic heterocycles. The molecule has 0 saturated carbocycles. The Morgan fingerprint density at radius 2 is 2.05 bits per heavy atom. The van der Waals surface area contributed by atoms with E-state index < -0.39 is 0 Å². The number of benzene rings is 1. The third kappa shape index (κ3) is 5.05. The average molecular weight is 280 g/mol. The molecule has 0 bridgehead atoms. The first-order chi connectivity index (χ1) is 10.3. The van der Waals surface area contributed by atoms with Gasteiger partial charge in [0.1, 0.15) is 0 Å². The van der Waals surface area contributed by atoms with Crippen molar-refractivity contribution in [3.05, 3.63) is 59.9 Å². The molecule has 0 aliphatic rings. The van der Waals surface area contributed by atoms with E-state index in [9.17, 15) is 4.79 Å². The zero-order valence-electron chi connectivity index (χ0n) is 11.5. The van der Waals surface area contributed by atoms with Crippen LogP contribution >= 0.6 is 0 Å². The molecule has 0 saturated heterocycles. The van der Waals surface area contributed by atoms with Crippen LogP contribution in [0.25, 0.3) is 0 Å². The number of nitriles is 1. The Hall–Kier alpha value is -2.71.